The standard InChI is InChI=1S/C19H17FO5/c1-3-24-18(22)19(20)16(21)14-6-4-5-7-15(14)25-17(19)12-8-10-13(23-2)11-9-12/h4-11,17H,3H2,1-2H3/t17-,19+/m1/s1. The van der Waals surface area contributed by atoms with Gasteiger partial charge in [0.15, 0.2) is 6.10 Å². The lowest BCUT2D eigenvalue weighted by Gasteiger charge is -2.35. The van der Waals surface area contributed by atoms with Gasteiger partial charge in [0.05, 0.1) is 19.3 Å². The summed E-state index contributed by atoms with van der Waals surface area (Å²) < 4.78 is 31.4. The SMILES string of the molecule is CCOC(=O)[C@]1(F)C(=O)c2ccccc2O[C@@H]1c1ccc(OC)cc1. The van der Waals surface area contributed by atoms with Gasteiger partial charge in [0.2, 0.25) is 5.78 Å². The van der Waals surface area contributed by atoms with Crippen molar-refractivity contribution in [1.29, 1.82) is 0 Å². The third-order valence-electron chi connectivity index (χ3n) is 4.06. The van der Waals surface area contributed by atoms with Gasteiger partial charge >= 0.3 is 11.6 Å². The van der Waals surface area contributed by atoms with Gasteiger partial charge in [-0.3, -0.25) is 4.79 Å². The van der Waals surface area contributed by atoms with Crippen LogP contribution < -0.4 is 9.47 Å². The first-order valence-corrected chi connectivity index (χ1v) is 7.83. The smallest absolute Gasteiger partial charge is 0.356 e. The Hall–Kier alpha value is -2.89. The molecule has 2 aromatic carbocycles. The van der Waals surface area contributed by atoms with Crippen LogP contribution in [0.15, 0.2) is 48.5 Å². The van der Waals surface area contributed by atoms with Crippen LogP contribution >= 0.6 is 0 Å². The molecule has 6 heteroatoms. The summed E-state index contributed by atoms with van der Waals surface area (Å²) in [5, 5.41) is 0. The third kappa shape index (κ3) is 2.73. The Bertz CT molecular complexity index is 802. The van der Waals surface area contributed by atoms with Crippen molar-refractivity contribution in [2.24, 2.45) is 0 Å². The zero-order valence-corrected chi connectivity index (χ0v) is 13.8. The highest BCUT2D eigenvalue weighted by atomic mass is 19.1. The summed E-state index contributed by atoms with van der Waals surface area (Å²) in [6.45, 7) is 1.50. The molecule has 0 saturated carbocycles. The minimum atomic E-state index is -2.96. The number of hydrogen-bond acceptors (Lipinski definition) is 5. The maximum absolute atomic E-state index is 15.8. The molecule has 2 aromatic rings. The van der Waals surface area contributed by atoms with E-state index in [0.29, 0.717) is 11.3 Å². The van der Waals surface area contributed by atoms with E-state index in [1.807, 2.05) is 0 Å². The van der Waals surface area contributed by atoms with Crippen LogP contribution in [0.5, 0.6) is 11.5 Å². The number of rotatable bonds is 4. The van der Waals surface area contributed by atoms with Crippen molar-refractivity contribution in [3.05, 3.63) is 59.7 Å². The Balaban J connectivity index is 2.12. The molecule has 1 heterocycles. The van der Waals surface area contributed by atoms with Gasteiger partial charge in [0, 0.05) is 0 Å². The lowest BCUT2D eigenvalue weighted by molar-refractivity contribution is -0.160. The highest BCUT2D eigenvalue weighted by Gasteiger charge is 2.60. The van der Waals surface area contributed by atoms with Crippen LogP contribution in [0.1, 0.15) is 28.9 Å². The van der Waals surface area contributed by atoms with Crippen molar-refractivity contribution in [1.82, 2.24) is 0 Å². The van der Waals surface area contributed by atoms with E-state index >= 15 is 4.39 Å². The molecule has 1 aliphatic heterocycles. The molecule has 0 spiro atoms. The van der Waals surface area contributed by atoms with Crippen molar-refractivity contribution < 1.29 is 28.2 Å². The van der Waals surface area contributed by atoms with Crippen LogP contribution in [-0.2, 0) is 9.53 Å². The summed E-state index contributed by atoms with van der Waals surface area (Å²) in [4.78, 5) is 25.1. The van der Waals surface area contributed by atoms with E-state index in [9.17, 15) is 9.59 Å². The molecule has 1 aliphatic rings. The Labute approximate surface area is 144 Å². The zero-order chi connectivity index (χ0) is 18.0. The number of fused-ring (bicyclic) bond motifs is 1. The van der Waals surface area contributed by atoms with Crippen LogP contribution in [0, 0.1) is 0 Å². The molecule has 130 valence electrons. The quantitative estimate of drug-likeness (QED) is 0.629. The second kappa shape index (κ2) is 6.55. The van der Waals surface area contributed by atoms with Gasteiger partial charge in [-0.1, -0.05) is 24.3 Å². The predicted molar refractivity (Wildman–Crippen MR) is 87.6 cm³/mol. The van der Waals surface area contributed by atoms with Gasteiger partial charge in [0.25, 0.3) is 0 Å². The van der Waals surface area contributed by atoms with Crippen molar-refractivity contribution in [3.8, 4) is 11.5 Å². The number of Topliss-reactive ketones (excluding diaryl/α,β-unsaturated/α-hetero) is 1. The highest BCUT2D eigenvalue weighted by Crippen LogP contribution is 2.44. The fourth-order valence-electron chi connectivity index (χ4n) is 2.79. The number of carbonyl (C=O) groups is 2. The molecule has 2 atom stereocenters. The Morgan fingerprint density at radius 1 is 1.20 bits per heavy atom. The van der Waals surface area contributed by atoms with Crippen LogP contribution in [0.2, 0.25) is 0 Å². The van der Waals surface area contributed by atoms with Crippen molar-refractivity contribution >= 4 is 11.8 Å². The Morgan fingerprint density at radius 2 is 1.88 bits per heavy atom. The van der Waals surface area contributed by atoms with Crippen molar-refractivity contribution in [2.45, 2.75) is 18.7 Å². The molecule has 5 nitrogen and oxygen atoms in total. The zero-order valence-electron chi connectivity index (χ0n) is 13.8. The van der Waals surface area contributed by atoms with E-state index in [1.54, 1.807) is 49.4 Å². The second-order valence-electron chi connectivity index (χ2n) is 5.53. The molecular formula is C19H17FO5. The maximum atomic E-state index is 15.8. The monoisotopic (exact) mass is 344 g/mol. The molecule has 0 amide bonds. The van der Waals surface area contributed by atoms with E-state index in [-0.39, 0.29) is 17.9 Å². The summed E-state index contributed by atoms with van der Waals surface area (Å²) in [5.74, 6) is -1.43. The van der Waals surface area contributed by atoms with Gasteiger partial charge in [-0.05, 0) is 36.8 Å². The van der Waals surface area contributed by atoms with Gasteiger partial charge in [-0.25, -0.2) is 9.18 Å². The molecule has 0 unspecified atom stereocenters. The number of para-hydroxylation sites is 1. The predicted octanol–water partition coefficient (Wildman–Crippen LogP) is 3.28. The first-order valence-electron chi connectivity index (χ1n) is 7.83. The summed E-state index contributed by atoms with van der Waals surface area (Å²) in [5.41, 5.74) is -2.61. The number of halogens is 1. The minimum absolute atomic E-state index is 0.0165. The molecule has 0 fully saturated rings. The lowest BCUT2D eigenvalue weighted by Crippen LogP contribution is -2.53. The highest BCUT2D eigenvalue weighted by molar-refractivity contribution is 6.18. The molecule has 0 saturated heterocycles. The average molecular weight is 344 g/mol. The van der Waals surface area contributed by atoms with E-state index in [4.69, 9.17) is 14.2 Å². The number of carbonyl (C=O) groups excluding carboxylic acids is 2. The molecule has 25 heavy (non-hydrogen) atoms. The van der Waals surface area contributed by atoms with E-state index < -0.39 is 23.5 Å². The van der Waals surface area contributed by atoms with Crippen LogP contribution in [-0.4, -0.2) is 31.1 Å². The Kier molecular flexibility index (Phi) is 4.44. The molecule has 0 radical (unpaired) electrons. The van der Waals surface area contributed by atoms with E-state index in [2.05, 4.69) is 0 Å². The number of ketones is 1. The molecule has 0 aromatic heterocycles. The normalized spacial score (nSPS) is 21.9. The topological polar surface area (TPSA) is 61.8 Å². The molecular weight excluding hydrogens is 327 g/mol. The molecule has 3 rings (SSSR count). The van der Waals surface area contributed by atoms with Crippen LogP contribution in [0.4, 0.5) is 4.39 Å². The number of esters is 1. The number of benzene rings is 2. The van der Waals surface area contributed by atoms with Gasteiger partial charge in [-0.2, -0.15) is 0 Å². The fourth-order valence-corrected chi connectivity index (χ4v) is 2.79. The number of alkyl halides is 1. The maximum Gasteiger partial charge on any atom is 0.356 e. The van der Waals surface area contributed by atoms with E-state index in [1.165, 1.54) is 13.2 Å². The summed E-state index contributed by atoms with van der Waals surface area (Å²) in [7, 11) is 1.50. The van der Waals surface area contributed by atoms with Gasteiger partial charge in [-0.15, -0.1) is 0 Å². The van der Waals surface area contributed by atoms with Gasteiger partial charge in [0.1, 0.15) is 11.5 Å². The fraction of sp³-hybridized carbons (Fsp3) is 0.263. The summed E-state index contributed by atoms with van der Waals surface area (Å²) in [6, 6.07) is 12.6. The Morgan fingerprint density at radius 3 is 2.52 bits per heavy atom. The largest absolute Gasteiger partial charge is 0.497 e. The van der Waals surface area contributed by atoms with E-state index in [0.717, 1.165) is 0 Å². The average Bonchev–Trinajstić information content (AvgIpc) is 2.65. The lowest BCUT2D eigenvalue weighted by atomic mass is 9.83. The first-order chi connectivity index (χ1) is 12.0. The van der Waals surface area contributed by atoms with Crippen LogP contribution in [0.3, 0.4) is 0 Å². The van der Waals surface area contributed by atoms with Crippen molar-refractivity contribution in [2.75, 3.05) is 13.7 Å². The van der Waals surface area contributed by atoms with Gasteiger partial charge < -0.3 is 14.2 Å². The number of ether oxygens (including phenoxy) is 3. The van der Waals surface area contributed by atoms with Crippen LogP contribution in [0.25, 0.3) is 0 Å². The molecule has 0 bridgehead atoms. The third-order valence-corrected chi connectivity index (χ3v) is 4.06. The number of hydrogen-bond donors (Lipinski definition) is 0. The summed E-state index contributed by atoms with van der Waals surface area (Å²) in [6.07, 6.45) is -1.44. The minimum Gasteiger partial charge on any atom is -0.497 e. The molecule has 0 aliphatic carbocycles. The summed E-state index contributed by atoms with van der Waals surface area (Å²) >= 11 is 0. The first kappa shape index (κ1) is 17.0. The second-order valence-corrected chi connectivity index (χ2v) is 5.53. The molecule has 0 N–H and O–H groups in total. The number of methoxy groups -OCH3 is 1. The van der Waals surface area contributed by atoms with Crippen molar-refractivity contribution in [3.63, 3.8) is 0 Å².